The largest absolute Gasteiger partial charge is 0.407 e. The van der Waals surface area contributed by atoms with Crippen molar-refractivity contribution in [2.75, 3.05) is 0 Å². The van der Waals surface area contributed by atoms with Gasteiger partial charge in [0.05, 0.1) is 11.4 Å². The van der Waals surface area contributed by atoms with Gasteiger partial charge in [0, 0.05) is 17.7 Å². The quantitative estimate of drug-likeness (QED) is 0.637. The fraction of sp³-hybridized carbons (Fsp3) is 0.316. The molecule has 124 valence electrons. The second-order valence-electron chi connectivity index (χ2n) is 6.06. The summed E-state index contributed by atoms with van der Waals surface area (Å²) in [5.74, 6) is 0.0632. The molecule has 0 spiro atoms. The van der Waals surface area contributed by atoms with E-state index in [9.17, 15) is 4.79 Å². The monoisotopic (exact) mass is 323 g/mol. The zero-order valence-corrected chi connectivity index (χ0v) is 14.7. The topological polar surface area (TPSA) is 56.5 Å². The van der Waals surface area contributed by atoms with E-state index in [-0.39, 0.29) is 0 Å². The number of cyclic esters (lactones) is 1. The van der Waals surface area contributed by atoms with E-state index in [1.165, 1.54) is 5.56 Å². The molecule has 0 saturated heterocycles. The molecule has 0 fully saturated rings. The lowest BCUT2D eigenvalue weighted by molar-refractivity contribution is -0.130. The molecule has 2 heterocycles. The molecule has 5 nitrogen and oxygen atoms in total. The van der Waals surface area contributed by atoms with Crippen molar-refractivity contribution in [2.45, 2.75) is 41.0 Å². The summed E-state index contributed by atoms with van der Waals surface area (Å²) in [5, 5.41) is 4.65. The minimum absolute atomic E-state index is 0.332. The number of hydrogen-bond donors (Lipinski definition) is 0. The summed E-state index contributed by atoms with van der Waals surface area (Å²) in [7, 11) is 0. The summed E-state index contributed by atoms with van der Waals surface area (Å²) < 4.78 is 7.03. The molecule has 1 aromatic heterocycles. The van der Waals surface area contributed by atoms with Crippen LogP contribution in [0.5, 0.6) is 0 Å². The maximum atomic E-state index is 11.9. The molecule has 24 heavy (non-hydrogen) atoms. The second kappa shape index (κ2) is 6.07. The second-order valence-corrected chi connectivity index (χ2v) is 6.06. The average Bonchev–Trinajstić information content (AvgIpc) is 3.02. The first-order valence-electron chi connectivity index (χ1n) is 8.06. The number of aryl methyl sites for hydroxylation is 3. The van der Waals surface area contributed by atoms with Crippen LogP contribution in [0.1, 0.15) is 41.4 Å². The Bertz CT molecular complexity index is 888. The summed E-state index contributed by atoms with van der Waals surface area (Å²) in [6.45, 7) is 9.98. The third-order valence-corrected chi connectivity index (χ3v) is 4.18. The predicted molar refractivity (Wildman–Crippen MR) is 94.3 cm³/mol. The van der Waals surface area contributed by atoms with E-state index in [2.05, 4.69) is 42.1 Å². The highest BCUT2D eigenvalue weighted by Crippen LogP contribution is 2.25. The van der Waals surface area contributed by atoms with Gasteiger partial charge in [0.1, 0.15) is 0 Å². The Labute approximate surface area is 141 Å². The van der Waals surface area contributed by atoms with Gasteiger partial charge in [-0.3, -0.25) is 0 Å². The number of nitrogens with zero attached hydrogens (tertiary/aromatic N) is 3. The van der Waals surface area contributed by atoms with Crippen molar-refractivity contribution >= 4 is 17.9 Å². The molecule has 0 saturated carbocycles. The Hall–Kier alpha value is -2.69. The number of carbonyl (C=O) groups is 1. The van der Waals surface area contributed by atoms with Crippen LogP contribution in [0, 0.1) is 27.7 Å². The van der Waals surface area contributed by atoms with Gasteiger partial charge in [0.2, 0.25) is 0 Å². The average molecular weight is 323 g/mol. The molecule has 1 aliphatic rings. The van der Waals surface area contributed by atoms with Crippen LogP contribution < -0.4 is 0 Å². The Morgan fingerprint density at radius 3 is 2.58 bits per heavy atom. The molecule has 0 unspecified atom stereocenters. The van der Waals surface area contributed by atoms with E-state index in [0.29, 0.717) is 18.0 Å². The maximum Gasteiger partial charge on any atom is 0.363 e. The zero-order valence-electron chi connectivity index (χ0n) is 14.7. The van der Waals surface area contributed by atoms with Crippen LogP contribution in [0.15, 0.2) is 28.9 Å². The van der Waals surface area contributed by atoms with Crippen LogP contribution >= 0.6 is 0 Å². The first-order chi connectivity index (χ1) is 11.4. The first-order valence-corrected chi connectivity index (χ1v) is 8.06. The molecule has 1 aromatic carbocycles. The number of aromatic nitrogens is 2. The molecule has 3 rings (SSSR count). The Balaban J connectivity index is 2.08. The highest BCUT2D eigenvalue weighted by molar-refractivity contribution is 6.07. The van der Waals surface area contributed by atoms with Crippen molar-refractivity contribution in [2.24, 2.45) is 4.99 Å². The fourth-order valence-electron chi connectivity index (χ4n) is 2.88. The maximum absolute atomic E-state index is 11.9. The molecule has 1 aliphatic heterocycles. The van der Waals surface area contributed by atoms with Crippen molar-refractivity contribution in [3.05, 3.63) is 52.0 Å². The van der Waals surface area contributed by atoms with Gasteiger partial charge in [0.15, 0.2) is 11.6 Å². The lowest BCUT2D eigenvalue weighted by Crippen LogP contribution is -2.02. The molecular formula is C19H21N3O2. The third kappa shape index (κ3) is 2.77. The molecule has 0 atom stereocenters. The van der Waals surface area contributed by atoms with E-state index in [4.69, 9.17) is 4.74 Å². The number of rotatable bonds is 3. The van der Waals surface area contributed by atoms with Crippen molar-refractivity contribution in [3.8, 4) is 5.69 Å². The Morgan fingerprint density at radius 1 is 1.21 bits per heavy atom. The highest BCUT2D eigenvalue weighted by Gasteiger charge is 2.23. The summed E-state index contributed by atoms with van der Waals surface area (Å²) in [5.41, 5.74) is 6.48. The van der Waals surface area contributed by atoms with Crippen LogP contribution in [-0.2, 0) is 9.53 Å². The van der Waals surface area contributed by atoms with Gasteiger partial charge < -0.3 is 4.74 Å². The number of esters is 1. The van der Waals surface area contributed by atoms with Gasteiger partial charge >= 0.3 is 5.97 Å². The van der Waals surface area contributed by atoms with E-state index in [1.807, 2.05) is 25.5 Å². The van der Waals surface area contributed by atoms with E-state index in [1.54, 1.807) is 6.08 Å². The Morgan fingerprint density at radius 2 is 1.96 bits per heavy atom. The number of benzene rings is 1. The van der Waals surface area contributed by atoms with E-state index in [0.717, 1.165) is 28.2 Å². The number of ether oxygens (including phenoxy) is 1. The minimum atomic E-state index is -0.398. The molecule has 0 amide bonds. The van der Waals surface area contributed by atoms with Gasteiger partial charge in [-0.25, -0.2) is 14.5 Å². The summed E-state index contributed by atoms with van der Waals surface area (Å²) in [4.78, 5) is 16.2. The van der Waals surface area contributed by atoms with Gasteiger partial charge in [-0.15, -0.1) is 0 Å². The SMILES string of the molecule is CCC1=N/C(=C\c2c(C)nn(-c3ccc(C)cc3C)c2C)C(=O)O1. The van der Waals surface area contributed by atoms with Gasteiger partial charge in [-0.2, -0.15) is 5.10 Å². The third-order valence-electron chi connectivity index (χ3n) is 4.18. The highest BCUT2D eigenvalue weighted by atomic mass is 16.6. The predicted octanol–water partition coefficient (Wildman–Crippen LogP) is 3.81. The first kappa shape index (κ1) is 16.2. The van der Waals surface area contributed by atoms with Crippen molar-refractivity contribution in [1.29, 1.82) is 0 Å². The van der Waals surface area contributed by atoms with Crippen LogP contribution in [0.2, 0.25) is 0 Å². The normalized spacial score (nSPS) is 15.8. The zero-order chi connectivity index (χ0) is 17.4. The van der Waals surface area contributed by atoms with E-state index >= 15 is 0 Å². The van der Waals surface area contributed by atoms with Crippen LogP contribution in [0.3, 0.4) is 0 Å². The van der Waals surface area contributed by atoms with Crippen LogP contribution in [0.25, 0.3) is 11.8 Å². The van der Waals surface area contributed by atoms with Gasteiger partial charge in [0.25, 0.3) is 0 Å². The number of hydrogen-bond acceptors (Lipinski definition) is 4. The van der Waals surface area contributed by atoms with Crippen LogP contribution in [0.4, 0.5) is 0 Å². The Kier molecular flexibility index (Phi) is 4.09. The lowest BCUT2D eigenvalue weighted by atomic mass is 10.1. The number of carbonyl (C=O) groups excluding carboxylic acids is 1. The van der Waals surface area contributed by atoms with E-state index < -0.39 is 5.97 Å². The smallest absolute Gasteiger partial charge is 0.363 e. The molecular weight excluding hydrogens is 302 g/mol. The summed E-state index contributed by atoms with van der Waals surface area (Å²) in [6, 6.07) is 6.28. The fourth-order valence-corrected chi connectivity index (χ4v) is 2.88. The minimum Gasteiger partial charge on any atom is -0.407 e. The summed E-state index contributed by atoms with van der Waals surface area (Å²) in [6.07, 6.45) is 2.37. The molecule has 5 heteroatoms. The van der Waals surface area contributed by atoms with Crippen molar-refractivity contribution in [1.82, 2.24) is 9.78 Å². The molecule has 0 bridgehead atoms. The molecule has 0 N–H and O–H groups in total. The summed E-state index contributed by atoms with van der Waals surface area (Å²) >= 11 is 0. The van der Waals surface area contributed by atoms with Crippen LogP contribution in [-0.4, -0.2) is 21.6 Å². The molecule has 0 aliphatic carbocycles. The van der Waals surface area contributed by atoms with Gasteiger partial charge in [-0.1, -0.05) is 24.6 Å². The molecule has 2 aromatic rings. The van der Waals surface area contributed by atoms with Crippen molar-refractivity contribution in [3.63, 3.8) is 0 Å². The lowest BCUT2D eigenvalue weighted by Gasteiger charge is -2.09. The molecule has 0 radical (unpaired) electrons. The van der Waals surface area contributed by atoms with Gasteiger partial charge in [-0.05, 0) is 45.4 Å². The number of aliphatic imine (C=N–C) groups is 1. The standard InChI is InChI=1S/C19H21N3O2/c1-6-18-20-16(19(23)24-18)10-15-13(4)21-22(14(15)5)17-8-7-11(2)9-12(17)3/h7-10H,6H2,1-5H3/b16-10-. The van der Waals surface area contributed by atoms with Crippen molar-refractivity contribution < 1.29 is 9.53 Å².